The van der Waals surface area contributed by atoms with Crippen molar-refractivity contribution in [3.8, 4) is 11.3 Å². The summed E-state index contributed by atoms with van der Waals surface area (Å²) < 4.78 is 2.64. The smallest absolute Gasteiger partial charge is 0.226 e. The maximum atomic E-state index is 13.1. The summed E-state index contributed by atoms with van der Waals surface area (Å²) in [7, 11) is 0. The van der Waals surface area contributed by atoms with Crippen molar-refractivity contribution in [2.24, 2.45) is 5.92 Å². The average molecular weight is 551 g/mol. The van der Waals surface area contributed by atoms with Crippen molar-refractivity contribution in [1.29, 1.82) is 0 Å². The van der Waals surface area contributed by atoms with E-state index in [0.29, 0.717) is 16.8 Å². The summed E-state index contributed by atoms with van der Waals surface area (Å²) in [4.78, 5) is 19.9. The fourth-order valence-electron chi connectivity index (χ4n) is 5.07. The zero-order valence-corrected chi connectivity index (χ0v) is 21.4. The van der Waals surface area contributed by atoms with Gasteiger partial charge in [0.25, 0.3) is 0 Å². The standard InChI is InChI=1S/C27H25BrClN5O/c28-22-16-30-34-25(15-24(32-26(22)34)19-8-4-5-9-23(19)29)31-18-10-12-33(13-11-18)27(35)21-14-20(21)17-6-2-1-3-7-17/h1-9,15-16,18,20-21,31H,10-14H2. The number of carbonyl (C=O) groups excluding carboxylic acids is 1. The van der Waals surface area contributed by atoms with Gasteiger partial charge in [0, 0.05) is 41.7 Å². The molecule has 2 unspecified atom stereocenters. The van der Waals surface area contributed by atoms with Gasteiger partial charge in [0.05, 0.1) is 16.4 Å². The Bertz CT molecular complexity index is 1380. The quantitative estimate of drug-likeness (QED) is 0.330. The molecule has 2 atom stereocenters. The number of carbonyl (C=O) groups is 1. The van der Waals surface area contributed by atoms with Crippen molar-refractivity contribution in [3.63, 3.8) is 0 Å². The predicted molar refractivity (Wildman–Crippen MR) is 142 cm³/mol. The van der Waals surface area contributed by atoms with Crippen LogP contribution in [0.25, 0.3) is 16.9 Å². The number of aromatic nitrogens is 3. The summed E-state index contributed by atoms with van der Waals surface area (Å²) in [5, 5.41) is 8.82. The van der Waals surface area contributed by atoms with Crippen molar-refractivity contribution in [2.45, 2.75) is 31.2 Å². The molecule has 1 amide bonds. The van der Waals surface area contributed by atoms with E-state index in [1.165, 1.54) is 5.56 Å². The van der Waals surface area contributed by atoms with Gasteiger partial charge in [0.1, 0.15) is 5.82 Å². The first-order chi connectivity index (χ1) is 17.1. The molecule has 1 saturated heterocycles. The van der Waals surface area contributed by atoms with Crippen LogP contribution >= 0.6 is 27.5 Å². The van der Waals surface area contributed by atoms with Gasteiger partial charge in [-0.05, 0) is 52.7 Å². The van der Waals surface area contributed by atoms with Crippen LogP contribution < -0.4 is 5.32 Å². The molecule has 2 fully saturated rings. The van der Waals surface area contributed by atoms with E-state index in [-0.39, 0.29) is 12.0 Å². The number of likely N-dealkylation sites (tertiary alicyclic amines) is 1. The van der Waals surface area contributed by atoms with Crippen molar-refractivity contribution in [1.82, 2.24) is 19.5 Å². The van der Waals surface area contributed by atoms with E-state index in [2.05, 4.69) is 50.6 Å². The van der Waals surface area contributed by atoms with Crippen LogP contribution in [0.5, 0.6) is 0 Å². The van der Waals surface area contributed by atoms with E-state index in [4.69, 9.17) is 16.6 Å². The van der Waals surface area contributed by atoms with E-state index < -0.39 is 0 Å². The minimum Gasteiger partial charge on any atom is -0.367 e. The van der Waals surface area contributed by atoms with Crippen LogP contribution in [0.4, 0.5) is 5.82 Å². The molecule has 1 saturated carbocycles. The van der Waals surface area contributed by atoms with Gasteiger partial charge in [-0.3, -0.25) is 4.79 Å². The Morgan fingerprint density at radius 3 is 2.57 bits per heavy atom. The third-order valence-corrected chi connectivity index (χ3v) is 7.96. The van der Waals surface area contributed by atoms with Gasteiger partial charge in [-0.1, -0.05) is 60.1 Å². The first-order valence-corrected chi connectivity index (χ1v) is 13.1. The molecule has 0 spiro atoms. The number of amides is 1. The molecule has 0 bridgehead atoms. The van der Waals surface area contributed by atoms with Crippen LogP contribution in [0.1, 0.15) is 30.7 Å². The predicted octanol–water partition coefficient (Wildman–Crippen LogP) is 6.02. The molecule has 1 aliphatic heterocycles. The Hall–Kier alpha value is -2.90. The molecule has 8 heteroatoms. The highest BCUT2D eigenvalue weighted by molar-refractivity contribution is 9.10. The fraction of sp³-hybridized carbons (Fsp3) is 0.296. The Morgan fingerprint density at radius 2 is 1.80 bits per heavy atom. The molecule has 6 rings (SSSR count). The lowest BCUT2D eigenvalue weighted by atomic mass is 10.0. The Morgan fingerprint density at radius 1 is 1.06 bits per heavy atom. The molecule has 6 nitrogen and oxygen atoms in total. The highest BCUT2D eigenvalue weighted by Gasteiger charge is 2.46. The van der Waals surface area contributed by atoms with Gasteiger partial charge < -0.3 is 10.2 Å². The summed E-state index contributed by atoms with van der Waals surface area (Å²) >= 11 is 10.0. The van der Waals surface area contributed by atoms with Crippen LogP contribution in [-0.4, -0.2) is 44.5 Å². The maximum Gasteiger partial charge on any atom is 0.226 e. The second-order valence-electron chi connectivity index (χ2n) is 9.34. The molecule has 35 heavy (non-hydrogen) atoms. The molecule has 2 aromatic carbocycles. The molecule has 3 heterocycles. The molecule has 178 valence electrons. The number of fused-ring (bicyclic) bond motifs is 1. The monoisotopic (exact) mass is 549 g/mol. The van der Waals surface area contributed by atoms with E-state index in [9.17, 15) is 4.79 Å². The lowest BCUT2D eigenvalue weighted by Crippen LogP contribution is -2.43. The Kier molecular flexibility index (Phi) is 5.98. The lowest BCUT2D eigenvalue weighted by molar-refractivity contribution is -0.133. The zero-order chi connectivity index (χ0) is 23.9. The van der Waals surface area contributed by atoms with Crippen molar-refractivity contribution in [3.05, 3.63) is 81.9 Å². The number of benzene rings is 2. The molecule has 0 radical (unpaired) electrons. The number of nitrogens with zero attached hydrogens (tertiary/aromatic N) is 4. The van der Waals surface area contributed by atoms with Crippen LogP contribution in [0.3, 0.4) is 0 Å². The number of nitrogens with one attached hydrogen (secondary N) is 1. The molecular formula is C27H25BrClN5O. The molecule has 2 aliphatic rings. The van der Waals surface area contributed by atoms with Crippen LogP contribution in [0, 0.1) is 5.92 Å². The second kappa shape index (κ2) is 9.28. The molecule has 4 aromatic rings. The van der Waals surface area contributed by atoms with Crippen LogP contribution in [0.2, 0.25) is 5.02 Å². The topological polar surface area (TPSA) is 62.5 Å². The Labute approximate surface area is 217 Å². The molecular weight excluding hydrogens is 526 g/mol. The van der Waals surface area contributed by atoms with Crippen LogP contribution in [0.15, 0.2) is 71.3 Å². The maximum absolute atomic E-state index is 13.1. The van der Waals surface area contributed by atoms with Crippen molar-refractivity contribution < 1.29 is 4.79 Å². The summed E-state index contributed by atoms with van der Waals surface area (Å²) in [5.74, 6) is 1.69. The van der Waals surface area contributed by atoms with Crippen LogP contribution in [-0.2, 0) is 4.79 Å². The summed E-state index contributed by atoms with van der Waals surface area (Å²) in [5.41, 5.74) is 3.69. The largest absolute Gasteiger partial charge is 0.367 e. The molecule has 1 aliphatic carbocycles. The average Bonchev–Trinajstić information content (AvgIpc) is 3.61. The second-order valence-corrected chi connectivity index (χ2v) is 10.6. The highest BCUT2D eigenvalue weighted by Crippen LogP contribution is 2.48. The number of rotatable bonds is 5. The summed E-state index contributed by atoms with van der Waals surface area (Å²) in [6, 6.07) is 20.4. The van der Waals surface area contributed by atoms with E-state index in [0.717, 1.165) is 59.5 Å². The summed E-state index contributed by atoms with van der Waals surface area (Å²) in [6.07, 6.45) is 4.50. The molecule has 2 aromatic heterocycles. The van der Waals surface area contributed by atoms with Gasteiger partial charge >= 0.3 is 0 Å². The van der Waals surface area contributed by atoms with Gasteiger partial charge in [0.2, 0.25) is 5.91 Å². The first kappa shape index (κ1) is 22.6. The number of anilines is 1. The van der Waals surface area contributed by atoms with Crippen molar-refractivity contribution >= 4 is 44.9 Å². The van der Waals surface area contributed by atoms with E-state index in [1.807, 2.05) is 45.8 Å². The van der Waals surface area contributed by atoms with Gasteiger partial charge in [0.15, 0.2) is 5.65 Å². The SMILES string of the molecule is O=C(C1CC1c1ccccc1)N1CCC(Nc2cc(-c3ccccc3Cl)nc3c(Br)cnn23)CC1. The third-order valence-electron chi connectivity index (χ3n) is 7.07. The van der Waals surface area contributed by atoms with Gasteiger partial charge in [-0.25, -0.2) is 4.98 Å². The van der Waals surface area contributed by atoms with E-state index >= 15 is 0 Å². The minimum atomic E-state index is 0.140. The van der Waals surface area contributed by atoms with Gasteiger partial charge in [-0.15, -0.1) is 0 Å². The van der Waals surface area contributed by atoms with Crippen molar-refractivity contribution in [2.75, 3.05) is 18.4 Å². The zero-order valence-electron chi connectivity index (χ0n) is 19.1. The minimum absolute atomic E-state index is 0.140. The third kappa shape index (κ3) is 4.43. The highest BCUT2D eigenvalue weighted by atomic mass is 79.9. The first-order valence-electron chi connectivity index (χ1n) is 12.0. The molecule has 1 N–H and O–H groups in total. The summed E-state index contributed by atoms with van der Waals surface area (Å²) in [6.45, 7) is 1.53. The normalized spacial score (nSPS) is 20.2. The van der Waals surface area contributed by atoms with Gasteiger partial charge in [-0.2, -0.15) is 9.61 Å². The van der Waals surface area contributed by atoms with E-state index in [1.54, 1.807) is 6.20 Å². The fourth-order valence-corrected chi connectivity index (χ4v) is 5.65. The Balaban J connectivity index is 1.15. The number of halogens is 2. The lowest BCUT2D eigenvalue weighted by Gasteiger charge is -2.33. The number of hydrogen-bond acceptors (Lipinski definition) is 4. The number of hydrogen-bond donors (Lipinski definition) is 1. The number of piperidine rings is 1.